The maximum Gasteiger partial charge on any atom is 0.118 e. The van der Waals surface area contributed by atoms with Crippen LogP contribution in [0.4, 0.5) is 0 Å². The molecule has 1 aromatic carbocycles. The van der Waals surface area contributed by atoms with E-state index in [9.17, 15) is 0 Å². The molecule has 0 saturated heterocycles. The highest BCUT2D eigenvalue weighted by Gasteiger charge is 2.05. The number of hydrogen-bond acceptors (Lipinski definition) is 2. The number of methoxy groups -OCH3 is 1. The first-order chi connectivity index (χ1) is 9.30. The molecule has 0 bridgehead atoms. The lowest BCUT2D eigenvalue weighted by Crippen LogP contribution is -2.25. The Balaban J connectivity index is 2.42. The van der Waals surface area contributed by atoms with Gasteiger partial charge in [-0.15, -0.1) is 0 Å². The minimum Gasteiger partial charge on any atom is -0.497 e. The van der Waals surface area contributed by atoms with Crippen LogP contribution in [0.3, 0.4) is 0 Å². The maximum absolute atomic E-state index is 5.20. The van der Waals surface area contributed by atoms with E-state index in [1.165, 1.54) is 50.8 Å². The molecule has 0 heterocycles. The second kappa shape index (κ2) is 9.85. The summed E-state index contributed by atoms with van der Waals surface area (Å²) < 4.78 is 5.20. The Kier molecular flexibility index (Phi) is 8.31. The van der Waals surface area contributed by atoms with Gasteiger partial charge in [-0.2, -0.15) is 0 Å². The Morgan fingerprint density at radius 1 is 0.895 bits per heavy atom. The fourth-order valence-corrected chi connectivity index (χ4v) is 2.34. The van der Waals surface area contributed by atoms with E-state index in [2.05, 4.69) is 43.0 Å². The third-order valence-electron chi connectivity index (χ3n) is 3.43. The van der Waals surface area contributed by atoms with Crippen LogP contribution in [0.15, 0.2) is 24.3 Å². The van der Waals surface area contributed by atoms with Crippen molar-refractivity contribution in [3.63, 3.8) is 0 Å². The minimum absolute atomic E-state index is 0.939. The first kappa shape index (κ1) is 16.0. The van der Waals surface area contributed by atoms with Crippen molar-refractivity contribution >= 4 is 0 Å². The van der Waals surface area contributed by atoms with Crippen LogP contribution in [0.25, 0.3) is 0 Å². The average Bonchev–Trinajstić information content (AvgIpc) is 2.44. The van der Waals surface area contributed by atoms with Gasteiger partial charge in [0, 0.05) is 6.54 Å². The maximum atomic E-state index is 5.20. The van der Waals surface area contributed by atoms with Crippen LogP contribution in [0.1, 0.15) is 51.5 Å². The minimum atomic E-state index is 0.939. The molecule has 2 heteroatoms. The number of ether oxygens (including phenoxy) is 1. The van der Waals surface area contributed by atoms with Crippen molar-refractivity contribution in [1.82, 2.24) is 4.90 Å². The molecule has 1 rings (SSSR count). The van der Waals surface area contributed by atoms with E-state index in [1.807, 2.05) is 0 Å². The van der Waals surface area contributed by atoms with Crippen molar-refractivity contribution in [3.8, 4) is 5.75 Å². The zero-order valence-corrected chi connectivity index (χ0v) is 12.8. The molecule has 0 fully saturated rings. The average molecular weight is 263 g/mol. The molecule has 108 valence electrons. The fraction of sp³-hybridized carbons (Fsp3) is 0.647. The smallest absolute Gasteiger partial charge is 0.118 e. The number of benzene rings is 1. The standard InChI is InChI=1S/C17H29NO/c1-4-6-7-8-14-18(13-5-2)15-16-9-11-17(19-3)12-10-16/h9-12H,4-8,13-15H2,1-3H3. The number of rotatable bonds is 10. The summed E-state index contributed by atoms with van der Waals surface area (Å²) in [5.74, 6) is 0.939. The van der Waals surface area contributed by atoms with Crippen molar-refractivity contribution < 1.29 is 4.74 Å². The van der Waals surface area contributed by atoms with Crippen LogP contribution in [0.2, 0.25) is 0 Å². The van der Waals surface area contributed by atoms with Gasteiger partial charge in [0.05, 0.1) is 7.11 Å². The number of hydrogen-bond donors (Lipinski definition) is 0. The van der Waals surface area contributed by atoms with Gasteiger partial charge < -0.3 is 4.74 Å². The second-order valence-electron chi connectivity index (χ2n) is 5.18. The van der Waals surface area contributed by atoms with Gasteiger partial charge in [0.15, 0.2) is 0 Å². The lowest BCUT2D eigenvalue weighted by Gasteiger charge is -2.21. The van der Waals surface area contributed by atoms with Gasteiger partial charge >= 0.3 is 0 Å². The molecule has 0 amide bonds. The van der Waals surface area contributed by atoms with Gasteiger partial charge in [-0.25, -0.2) is 0 Å². The van der Waals surface area contributed by atoms with E-state index < -0.39 is 0 Å². The number of unbranched alkanes of at least 4 members (excludes halogenated alkanes) is 3. The monoisotopic (exact) mass is 263 g/mol. The Labute approximate surface area is 118 Å². The predicted octanol–water partition coefficient (Wildman–Crippen LogP) is 4.49. The summed E-state index contributed by atoms with van der Waals surface area (Å²) >= 11 is 0. The largest absolute Gasteiger partial charge is 0.497 e. The Morgan fingerprint density at radius 3 is 2.21 bits per heavy atom. The molecule has 19 heavy (non-hydrogen) atoms. The van der Waals surface area contributed by atoms with Crippen LogP contribution >= 0.6 is 0 Å². The molecule has 0 aliphatic rings. The van der Waals surface area contributed by atoms with Gasteiger partial charge in [0.25, 0.3) is 0 Å². The van der Waals surface area contributed by atoms with Gasteiger partial charge in [-0.1, -0.05) is 45.2 Å². The summed E-state index contributed by atoms with van der Waals surface area (Å²) in [5.41, 5.74) is 1.38. The topological polar surface area (TPSA) is 12.5 Å². The van der Waals surface area contributed by atoms with Crippen molar-refractivity contribution in [3.05, 3.63) is 29.8 Å². The molecule has 0 radical (unpaired) electrons. The normalized spacial score (nSPS) is 10.9. The van der Waals surface area contributed by atoms with Gasteiger partial charge in [-0.3, -0.25) is 4.90 Å². The lowest BCUT2D eigenvalue weighted by atomic mass is 10.1. The molecule has 0 N–H and O–H groups in total. The molecule has 0 unspecified atom stereocenters. The Hall–Kier alpha value is -1.02. The third-order valence-corrected chi connectivity index (χ3v) is 3.43. The van der Waals surface area contributed by atoms with Gasteiger partial charge in [0.2, 0.25) is 0 Å². The summed E-state index contributed by atoms with van der Waals surface area (Å²) in [6.07, 6.45) is 6.59. The quantitative estimate of drug-likeness (QED) is 0.577. The van der Waals surface area contributed by atoms with Gasteiger partial charge in [-0.05, 0) is 43.6 Å². The van der Waals surface area contributed by atoms with Crippen molar-refractivity contribution in [2.45, 2.75) is 52.5 Å². The number of nitrogens with zero attached hydrogens (tertiary/aromatic N) is 1. The van der Waals surface area contributed by atoms with Crippen LogP contribution in [-0.4, -0.2) is 25.1 Å². The molecule has 1 aromatic rings. The van der Waals surface area contributed by atoms with Crippen LogP contribution < -0.4 is 4.74 Å². The molecule has 0 atom stereocenters. The molecule has 0 aliphatic carbocycles. The molecular formula is C17H29NO. The predicted molar refractivity (Wildman–Crippen MR) is 82.7 cm³/mol. The van der Waals surface area contributed by atoms with Crippen molar-refractivity contribution in [2.24, 2.45) is 0 Å². The van der Waals surface area contributed by atoms with Crippen LogP contribution in [0, 0.1) is 0 Å². The van der Waals surface area contributed by atoms with E-state index in [4.69, 9.17) is 4.74 Å². The first-order valence-corrected chi connectivity index (χ1v) is 7.65. The molecule has 0 spiro atoms. The van der Waals surface area contributed by atoms with E-state index in [0.717, 1.165) is 12.3 Å². The summed E-state index contributed by atoms with van der Waals surface area (Å²) in [5, 5.41) is 0. The van der Waals surface area contributed by atoms with E-state index >= 15 is 0 Å². The molecule has 0 aromatic heterocycles. The molecule has 0 saturated carbocycles. The molecular weight excluding hydrogens is 234 g/mol. The molecule has 0 aliphatic heterocycles. The summed E-state index contributed by atoms with van der Waals surface area (Å²) in [7, 11) is 1.71. The molecule has 2 nitrogen and oxygen atoms in total. The van der Waals surface area contributed by atoms with E-state index in [1.54, 1.807) is 7.11 Å². The van der Waals surface area contributed by atoms with E-state index in [-0.39, 0.29) is 0 Å². The lowest BCUT2D eigenvalue weighted by molar-refractivity contribution is 0.259. The summed E-state index contributed by atoms with van der Waals surface area (Å²) in [4.78, 5) is 2.57. The van der Waals surface area contributed by atoms with Gasteiger partial charge in [0.1, 0.15) is 5.75 Å². The van der Waals surface area contributed by atoms with Crippen LogP contribution in [0.5, 0.6) is 5.75 Å². The third kappa shape index (κ3) is 6.63. The zero-order valence-electron chi connectivity index (χ0n) is 12.8. The van der Waals surface area contributed by atoms with Crippen molar-refractivity contribution in [2.75, 3.05) is 20.2 Å². The zero-order chi connectivity index (χ0) is 13.9. The summed E-state index contributed by atoms with van der Waals surface area (Å²) in [6, 6.07) is 8.45. The Bertz CT molecular complexity index is 321. The Morgan fingerprint density at radius 2 is 1.63 bits per heavy atom. The summed E-state index contributed by atoms with van der Waals surface area (Å²) in [6.45, 7) is 8.00. The first-order valence-electron chi connectivity index (χ1n) is 7.65. The van der Waals surface area contributed by atoms with E-state index in [0.29, 0.717) is 0 Å². The second-order valence-corrected chi connectivity index (χ2v) is 5.18. The highest BCUT2D eigenvalue weighted by molar-refractivity contribution is 5.27. The SMILES string of the molecule is CCCCCCN(CCC)Cc1ccc(OC)cc1. The highest BCUT2D eigenvalue weighted by atomic mass is 16.5. The van der Waals surface area contributed by atoms with Crippen LogP contribution in [-0.2, 0) is 6.54 Å². The van der Waals surface area contributed by atoms with Crippen molar-refractivity contribution in [1.29, 1.82) is 0 Å². The fourth-order valence-electron chi connectivity index (χ4n) is 2.34. The highest BCUT2D eigenvalue weighted by Crippen LogP contribution is 2.14.